The van der Waals surface area contributed by atoms with Gasteiger partial charge in [-0.1, -0.05) is 35.5 Å². The van der Waals surface area contributed by atoms with E-state index >= 15 is 0 Å². The van der Waals surface area contributed by atoms with Crippen LogP contribution in [0.2, 0.25) is 0 Å². The molecular formula is C19H12F3N3O2. The lowest BCUT2D eigenvalue weighted by Gasteiger charge is -2.05. The molecule has 2 aromatic carbocycles. The lowest BCUT2D eigenvalue weighted by Crippen LogP contribution is -2.10. The van der Waals surface area contributed by atoms with Crippen molar-refractivity contribution in [2.24, 2.45) is 0 Å². The number of nitrogens with zero attached hydrogens (tertiary/aromatic N) is 3. The molecule has 0 radical (unpaired) electrons. The number of alkyl halides is 3. The predicted molar refractivity (Wildman–Crippen MR) is 91.1 cm³/mol. The normalized spacial score (nSPS) is 11.9. The number of aryl methyl sites for hydroxylation is 1. The number of hydrogen-bond donors (Lipinski definition) is 0. The fourth-order valence-corrected chi connectivity index (χ4v) is 2.88. The van der Waals surface area contributed by atoms with E-state index in [1.807, 2.05) is 13.0 Å². The number of fused-ring (bicyclic) bond motifs is 1. The molecule has 0 saturated carbocycles. The van der Waals surface area contributed by atoms with Crippen molar-refractivity contribution >= 4 is 16.8 Å². The highest BCUT2D eigenvalue weighted by Crippen LogP contribution is 2.31. The Morgan fingerprint density at radius 2 is 1.85 bits per heavy atom. The first kappa shape index (κ1) is 17.0. The Hall–Kier alpha value is -3.42. The summed E-state index contributed by atoms with van der Waals surface area (Å²) in [4.78, 5) is 16.2. The van der Waals surface area contributed by atoms with Gasteiger partial charge >= 0.3 is 12.1 Å². The van der Waals surface area contributed by atoms with E-state index in [0.29, 0.717) is 16.6 Å². The first-order valence-corrected chi connectivity index (χ1v) is 7.97. The molecule has 0 N–H and O–H groups in total. The van der Waals surface area contributed by atoms with Crippen LogP contribution in [0.3, 0.4) is 0 Å². The highest BCUT2D eigenvalue weighted by molar-refractivity contribution is 6.03. The van der Waals surface area contributed by atoms with E-state index in [2.05, 4.69) is 14.7 Å². The summed E-state index contributed by atoms with van der Waals surface area (Å²) < 4.78 is 43.8. The van der Waals surface area contributed by atoms with Crippen LogP contribution in [-0.4, -0.2) is 20.6 Å². The van der Waals surface area contributed by atoms with Crippen LogP contribution in [0, 0.1) is 6.92 Å². The molecule has 0 atom stereocenters. The largest absolute Gasteiger partial charge is 0.471 e. The third-order valence-electron chi connectivity index (χ3n) is 4.17. The van der Waals surface area contributed by atoms with Crippen LogP contribution in [0.4, 0.5) is 13.2 Å². The molecule has 2 aromatic heterocycles. The van der Waals surface area contributed by atoms with E-state index in [1.165, 1.54) is 4.57 Å². The molecule has 0 aliphatic rings. The molecule has 0 aliphatic heterocycles. The summed E-state index contributed by atoms with van der Waals surface area (Å²) >= 11 is 0. The van der Waals surface area contributed by atoms with Crippen LogP contribution in [-0.2, 0) is 6.18 Å². The molecule has 4 rings (SSSR count). The second-order valence-electron chi connectivity index (χ2n) is 6.01. The molecule has 136 valence electrons. The molecule has 0 fully saturated rings. The first-order valence-electron chi connectivity index (χ1n) is 7.97. The number of aromatic nitrogens is 3. The van der Waals surface area contributed by atoms with E-state index in [0.717, 1.165) is 10.9 Å². The van der Waals surface area contributed by atoms with Crippen molar-refractivity contribution in [3.63, 3.8) is 0 Å². The van der Waals surface area contributed by atoms with Gasteiger partial charge in [0.15, 0.2) is 0 Å². The third-order valence-corrected chi connectivity index (χ3v) is 4.17. The number of benzene rings is 2. The van der Waals surface area contributed by atoms with Crippen LogP contribution in [0.5, 0.6) is 0 Å². The quantitative estimate of drug-likeness (QED) is 0.512. The molecule has 0 unspecified atom stereocenters. The molecule has 4 aromatic rings. The molecular weight excluding hydrogens is 359 g/mol. The SMILES string of the molecule is Cc1cn(C(=O)c2ccccc2)c2cc(-c3noc(C(F)(F)F)n3)ccc12. The molecule has 8 heteroatoms. The van der Waals surface area contributed by atoms with E-state index in [4.69, 9.17) is 0 Å². The number of carbonyl (C=O) groups is 1. The summed E-state index contributed by atoms with van der Waals surface area (Å²) in [5, 5.41) is 4.21. The van der Waals surface area contributed by atoms with Crippen molar-refractivity contribution in [2.75, 3.05) is 0 Å². The smallest absolute Gasteiger partial charge is 0.329 e. The van der Waals surface area contributed by atoms with Crippen molar-refractivity contribution in [1.29, 1.82) is 0 Å². The van der Waals surface area contributed by atoms with Gasteiger partial charge in [0.1, 0.15) is 0 Å². The van der Waals surface area contributed by atoms with Crippen molar-refractivity contribution in [3.05, 3.63) is 71.7 Å². The van der Waals surface area contributed by atoms with E-state index in [-0.39, 0.29) is 11.7 Å². The Balaban J connectivity index is 1.82. The molecule has 0 bridgehead atoms. The Labute approximate surface area is 151 Å². The van der Waals surface area contributed by atoms with E-state index in [1.54, 1.807) is 48.7 Å². The molecule has 0 aliphatic carbocycles. The summed E-state index contributed by atoms with van der Waals surface area (Å²) in [5.74, 6) is -1.85. The Kier molecular flexibility index (Phi) is 3.83. The van der Waals surface area contributed by atoms with E-state index in [9.17, 15) is 18.0 Å². The van der Waals surface area contributed by atoms with Gasteiger partial charge in [0, 0.05) is 22.7 Å². The zero-order valence-corrected chi connectivity index (χ0v) is 14.0. The highest BCUT2D eigenvalue weighted by atomic mass is 19.4. The van der Waals surface area contributed by atoms with Crippen LogP contribution in [0.25, 0.3) is 22.3 Å². The predicted octanol–water partition coefficient (Wildman–Crippen LogP) is 4.71. The second kappa shape index (κ2) is 6.08. The van der Waals surface area contributed by atoms with Crippen molar-refractivity contribution in [3.8, 4) is 11.4 Å². The average molecular weight is 371 g/mol. The number of rotatable bonds is 2. The topological polar surface area (TPSA) is 60.9 Å². The van der Waals surface area contributed by atoms with Gasteiger partial charge in [0.05, 0.1) is 5.52 Å². The van der Waals surface area contributed by atoms with Gasteiger partial charge in [-0.25, -0.2) is 0 Å². The monoisotopic (exact) mass is 371 g/mol. The fraction of sp³-hybridized carbons (Fsp3) is 0.105. The molecule has 5 nitrogen and oxygen atoms in total. The minimum atomic E-state index is -4.71. The fourth-order valence-electron chi connectivity index (χ4n) is 2.88. The summed E-state index contributed by atoms with van der Waals surface area (Å²) in [6.07, 6.45) is -3.02. The Bertz CT molecular complexity index is 1140. The number of hydrogen-bond acceptors (Lipinski definition) is 4. The zero-order chi connectivity index (χ0) is 19.2. The Morgan fingerprint density at radius 3 is 2.52 bits per heavy atom. The summed E-state index contributed by atoms with van der Waals surface area (Å²) in [6.45, 7) is 1.85. The minimum absolute atomic E-state index is 0.193. The molecule has 2 heterocycles. The van der Waals surface area contributed by atoms with Crippen LogP contribution in [0.1, 0.15) is 21.8 Å². The third kappa shape index (κ3) is 2.99. The van der Waals surface area contributed by atoms with Crippen molar-refractivity contribution < 1.29 is 22.5 Å². The van der Waals surface area contributed by atoms with Crippen LogP contribution in [0.15, 0.2) is 59.3 Å². The van der Waals surface area contributed by atoms with Crippen molar-refractivity contribution in [2.45, 2.75) is 13.1 Å². The second-order valence-corrected chi connectivity index (χ2v) is 6.01. The maximum absolute atomic E-state index is 12.8. The lowest BCUT2D eigenvalue weighted by molar-refractivity contribution is -0.159. The molecule has 0 saturated heterocycles. The number of halogens is 3. The van der Waals surface area contributed by atoms with Gasteiger partial charge in [0.25, 0.3) is 5.91 Å². The first-order chi connectivity index (χ1) is 12.8. The summed E-state index contributed by atoms with van der Waals surface area (Å²) in [6, 6.07) is 13.6. The zero-order valence-electron chi connectivity index (χ0n) is 14.0. The maximum Gasteiger partial charge on any atom is 0.471 e. The van der Waals surface area contributed by atoms with Crippen molar-refractivity contribution in [1.82, 2.24) is 14.7 Å². The summed E-state index contributed by atoms with van der Waals surface area (Å²) in [7, 11) is 0. The van der Waals surface area contributed by atoms with E-state index < -0.39 is 12.1 Å². The van der Waals surface area contributed by atoms with Gasteiger partial charge in [-0.15, -0.1) is 0 Å². The van der Waals surface area contributed by atoms with Gasteiger partial charge in [-0.2, -0.15) is 18.2 Å². The minimum Gasteiger partial charge on any atom is -0.329 e. The standard InChI is InChI=1S/C19H12F3N3O2/c1-11-10-25(17(26)12-5-3-2-4-6-12)15-9-13(7-8-14(11)15)16-23-18(27-24-16)19(20,21)22/h2-10H,1H3. The summed E-state index contributed by atoms with van der Waals surface area (Å²) in [5.41, 5.74) is 2.24. The molecule has 0 spiro atoms. The van der Waals surface area contributed by atoms with Crippen LogP contribution >= 0.6 is 0 Å². The highest BCUT2D eigenvalue weighted by Gasteiger charge is 2.38. The Morgan fingerprint density at radius 1 is 1.11 bits per heavy atom. The van der Waals surface area contributed by atoms with Crippen LogP contribution < -0.4 is 0 Å². The maximum atomic E-state index is 12.8. The molecule has 0 amide bonds. The van der Waals surface area contributed by atoms with Gasteiger partial charge in [0.2, 0.25) is 5.82 Å². The van der Waals surface area contributed by atoms with Gasteiger partial charge in [-0.05, 0) is 30.7 Å². The van der Waals surface area contributed by atoms with Gasteiger partial charge < -0.3 is 4.52 Å². The number of carbonyl (C=O) groups excluding carboxylic acids is 1. The lowest BCUT2D eigenvalue weighted by atomic mass is 10.1. The molecule has 27 heavy (non-hydrogen) atoms. The van der Waals surface area contributed by atoms with Gasteiger partial charge in [-0.3, -0.25) is 9.36 Å². The average Bonchev–Trinajstić information content (AvgIpc) is 3.27.